The van der Waals surface area contributed by atoms with Gasteiger partial charge in [0, 0.05) is 31.9 Å². The van der Waals surface area contributed by atoms with E-state index in [1.165, 1.54) is 19.2 Å². The molecule has 128 valence electrons. The largest absolute Gasteiger partial charge is 0.493 e. The quantitative estimate of drug-likeness (QED) is 0.500. The number of hydrogen-bond donors (Lipinski definition) is 2. The summed E-state index contributed by atoms with van der Waals surface area (Å²) in [6, 6.07) is 7.66. The molecule has 0 radical (unpaired) electrons. The second-order valence-electron chi connectivity index (χ2n) is 4.82. The Morgan fingerprint density at radius 1 is 1.08 bits per heavy atom. The van der Waals surface area contributed by atoms with Gasteiger partial charge in [0.2, 0.25) is 5.90 Å². The topological polar surface area (TPSA) is 78.1 Å². The third kappa shape index (κ3) is 3.51. The van der Waals surface area contributed by atoms with E-state index >= 15 is 0 Å². The van der Waals surface area contributed by atoms with Crippen LogP contribution in [0.5, 0.6) is 17.2 Å². The lowest BCUT2D eigenvalue weighted by atomic mass is 10.1. The molecule has 2 aromatic rings. The Hall–Kier alpha value is -2.96. The number of nitrogen functional groups attached to an aromatic ring is 1. The lowest BCUT2D eigenvalue weighted by molar-refractivity contribution is 0.355. The lowest BCUT2D eigenvalue weighted by Crippen LogP contribution is -2.14. The maximum absolute atomic E-state index is 14.0. The van der Waals surface area contributed by atoms with Crippen LogP contribution in [-0.4, -0.2) is 34.2 Å². The molecule has 3 N–H and O–H groups in total. The van der Waals surface area contributed by atoms with Crippen molar-refractivity contribution in [2.75, 3.05) is 39.4 Å². The fraction of sp³-hybridized carbons (Fsp3) is 0.235. The van der Waals surface area contributed by atoms with Crippen molar-refractivity contribution in [3.8, 4) is 17.2 Å². The van der Waals surface area contributed by atoms with Crippen LogP contribution in [0.25, 0.3) is 0 Å². The Balaban J connectivity index is 2.47. The molecule has 0 saturated carbocycles. The minimum atomic E-state index is -0.567. The molecular formula is C17H20FN3O3. The van der Waals surface area contributed by atoms with Crippen LogP contribution in [0.1, 0.15) is 5.56 Å². The first-order valence-electron chi connectivity index (χ1n) is 7.17. The fourth-order valence-corrected chi connectivity index (χ4v) is 2.19. The Kier molecular flexibility index (Phi) is 5.47. The van der Waals surface area contributed by atoms with Gasteiger partial charge in [-0.3, -0.25) is 4.99 Å². The summed E-state index contributed by atoms with van der Waals surface area (Å²) in [6.07, 6.45) is 0. The van der Waals surface area contributed by atoms with Crippen molar-refractivity contribution < 1.29 is 18.6 Å². The Labute approximate surface area is 140 Å². The minimum Gasteiger partial charge on any atom is -0.493 e. The highest BCUT2D eigenvalue weighted by molar-refractivity contribution is 6.01. The van der Waals surface area contributed by atoms with Gasteiger partial charge in [0.1, 0.15) is 0 Å². The summed E-state index contributed by atoms with van der Waals surface area (Å²) in [5.41, 5.74) is 7.17. The van der Waals surface area contributed by atoms with Crippen LogP contribution in [0, 0.1) is 5.82 Å². The van der Waals surface area contributed by atoms with Crippen molar-refractivity contribution in [2.24, 2.45) is 4.99 Å². The van der Waals surface area contributed by atoms with E-state index < -0.39 is 5.82 Å². The second kappa shape index (κ2) is 7.54. The predicted octanol–water partition coefficient (Wildman–Crippen LogP) is 2.92. The molecule has 0 fully saturated rings. The van der Waals surface area contributed by atoms with Gasteiger partial charge >= 0.3 is 0 Å². The van der Waals surface area contributed by atoms with Crippen LogP contribution < -0.4 is 25.3 Å². The number of ether oxygens (including phenoxy) is 3. The first kappa shape index (κ1) is 17.4. The van der Waals surface area contributed by atoms with Crippen molar-refractivity contribution in [1.82, 2.24) is 0 Å². The molecule has 0 heterocycles. The fourth-order valence-electron chi connectivity index (χ4n) is 2.19. The summed E-state index contributed by atoms with van der Waals surface area (Å²) in [5.74, 6) is 0.752. The minimum absolute atomic E-state index is 0.0293. The molecule has 7 heteroatoms. The number of nitrogens with zero attached hydrogens (tertiary/aromatic N) is 1. The lowest BCUT2D eigenvalue weighted by Gasteiger charge is -2.16. The van der Waals surface area contributed by atoms with E-state index in [2.05, 4.69) is 10.3 Å². The Morgan fingerprint density at radius 3 is 2.29 bits per heavy atom. The maximum atomic E-state index is 14.0. The van der Waals surface area contributed by atoms with Crippen LogP contribution in [0.15, 0.2) is 35.3 Å². The summed E-state index contributed by atoms with van der Waals surface area (Å²) < 4.78 is 30.2. The van der Waals surface area contributed by atoms with E-state index in [9.17, 15) is 4.39 Å². The first-order valence-corrected chi connectivity index (χ1v) is 7.17. The number of nitrogens with two attached hydrogens (primary N) is 1. The van der Waals surface area contributed by atoms with Gasteiger partial charge in [-0.1, -0.05) is 0 Å². The average molecular weight is 333 g/mol. The standard InChI is InChI=1S/C17H20FN3O3/c1-20-13-9-16(23-4)15(22-3)8-11(13)17(21-2)24-14-6-5-10(19)7-12(14)18/h5-9,20H,19H2,1-4H3/b21-17+. The smallest absolute Gasteiger partial charge is 0.224 e. The van der Waals surface area contributed by atoms with Gasteiger partial charge in [0.05, 0.1) is 25.5 Å². The van der Waals surface area contributed by atoms with E-state index in [4.69, 9.17) is 19.9 Å². The molecule has 24 heavy (non-hydrogen) atoms. The van der Waals surface area contributed by atoms with Crippen LogP contribution >= 0.6 is 0 Å². The molecule has 0 aliphatic heterocycles. The monoisotopic (exact) mass is 333 g/mol. The van der Waals surface area contributed by atoms with Crippen LogP contribution in [-0.2, 0) is 0 Å². The summed E-state index contributed by atoms with van der Waals surface area (Å²) in [6.45, 7) is 0. The van der Waals surface area contributed by atoms with E-state index in [-0.39, 0.29) is 11.6 Å². The SMILES string of the molecule is C/N=C(/Oc1ccc(N)cc1F)c1cc(OC)c(OC)cc1NC. The predicted molar refractivity (Wildman–Crippen MR) is 93.0 cm³/mol. The molecule has 0 amide bonds. The number of benzene rings is 2. The zero-order chi connectivity index (χ0) is 17.7. The summed E-state index contributed by atoms with van der Waals surface area (Å²) in [7, 11) is 6.39. The van der Waals surface area contributed by atoms with Crippen molar-refractivity contribution in [1.29, 1.82) is 0 Å². The van der Waals surface area contributed by atoms with Gasteiger partial charge < -0.3 is 25.3 Å². The molecular weight excluding hydrogens is 313 g/mol. The van der Waals surface area contributed by atoms with Crippen LogP contribution in [0.4, 0.5) is 15.8 Å². The molecule has 2 rings (SSSR count). The number of anilines is 2. The number of rotatable bonds is 5. The molecule has 0 bridgehead atoms. The summed E-state index contributed by atoms with van der Waals surface area (Å²) in [4.78, 5) is 4.12. The number of methoxy groups -OCH3 is 2. The third-order valence-electron chi connectivity index (χ3n) is 3.39. The van der Waals surface area contributed by atoms with Crippen LogP contribution in [0.3, 0.4) is 0 Å². The van der Waals surface area contributed by atoms with E-state index in [0.29, 0.717) is 28.4 Å². The molecule has 0 aromatic heterocycles. The van der Waals surface area contributed by atoms with Gasteiger partial charge in [-0.25, -0.2) is 4.39 Å². The normalized spacial score (nSPS) is 11.1. The van der Waals surface area contributed by atoms with Crippen molar-refractivity contribution in [3.05, 3.63) is 41.7 Å². The van der Waals surface area contributed by atoms with Crippen LogP contribution in [0.2, 0.25) is 0 Å². The molecule has 0 unspecified atom stereocenters. The Morgan fingerprint density at radius 2 is 1.75 bits per heavy atom. The molecule has 0 aliphatic rings. The summed E-state index contributed by atoms with van der Waals surface area (Å²) in [5, 5.41) is 3.04. The van der Waals surface area contributed by atoms with Gasteiger partial charge in [0.15, 0.2) is 23.1 Å². The van der Waals surface area contributed by atoms with Crippen molar-refractivity contribution >= 4 is 17.3 Å². The summed E-state index contributed by atoms with van der Waals surface area (Å²) >= 11 is 0. The van der Waals surface area contributed by atoms with E-state index in [0.717, 1.165) is 0 Å². The molecule has 0 atom stereocenters. The van der Waals surface area contributed by atoms with E-state index in [1.54, 1.807) is 39.4 Å². The zero-order valence-corrected chi connectivity index (χ0v) is 14.0. The highest BCUT2D eigenvalue weighted by Crippen LogP contribution is 2.34. The number of halogens is 1. The zero-order valence-electron chi connectivity index (χ0n) is 14.0. The Bertz CT molecular complexity index is 763. The van der Waals surface area contributed by atoms with Gasteiger partial charge in [-0.2, -0.15) is 0 Å². The second-order valence-corrected chi connectivity index (χ2v) is 4.82. The average Bonchev–Trinajstić information content (AvgIpc) is 2.60. The first-order chi connectivity index (χ1) is 11.5. The molecule has 2 aromatic carbocycles. The molecule has 6 nitrogen and oxygen atoms in total. The molecule has 0 saturated heterocycles. The number of hydrogen-bond acceptors (Lipinski definition) is 6. The third-order valence-corrected chi connectivity index (χ3v) is 3.39. The maximum Gasteiger partial charge on any atom is 0.224 e. The van der Waals surface area contributed by atoms with Crippen molar-refractivity contribution in [3.63, 3.8) is 0 Å². The highest BCUT2D eigenvalue weighted by atomic mass is 19.1. The molecule has 0 spiro atoms. The number of aliphatic imine (C=N–C) groups is 1. The van der Waals surface area contributed by atoms with Gasteiger partial charge in [0.25, 0.3) is 0 Å². The van der Waals surface area contributed by atoms with Crippen molar-refractivity contribution in [2.45, 2.75) is 0 Å². The van der Waals surface area contributed by atoms with Gasteiger partial charge in [-0.15, -0.1) is 0 Å². The van der Waals surface area contributed by atoms with E-state index in [1.807, 2.05) is 0 Å². The highest BCUT2D eigenvalue weighted by Gasteiger charge is 2.17. The number of nitrogens with one attached hydrogen (secondary N) is 1. The van der Waals surface area contributed by atoms with Gasteiger partial charge in [-0.05, 0) is 18.2 Å². The molecule has 0 aliphatic carbocycles.